The zero-order chi connectivity index (χ0) is 29.9. The number of fused-ring (bicyclic) bond motifs is 1. The monoisotopic (exact) mass is 589 g/mol. The zero-order valence-electron chi connectivity index (χ0n) is 23.7. The van der Waals surface area contributed by atoms with Crippen molar-refractivity contribution in [2.45, 2.75) is 50.2 Å². The van der Waals surface area contributed by atoms with Crippen molar-refractivity contribution in [2.24, 2.45) is 13.0 Å². The van der Waals surface area contributed by atoms with Gasteiger partial charge in [-0.1, -0.05) is 13.8 Å². The van der Waals surface area contributed by atoms with Gasteiger partial charge < -0.3 is 29.1 Å². The van der Waals surface area contributed by atoms with E-state index in [1.165, 1.54) is 31.3 Å². The molecule has 0 radical (unpaired) electrons. The molecular weight excluding hydrogens is 554 g/mol. The summed E-state index contributed by atoms with van der Waals surface area (Å²) in [6, 6.07) is 2.98. The third kappa shape index (κ3) is 6.70. The van der Waals surface area contributed by atoms with Crippen LogP contribution in [0, 0.1) is 5.92 Å². The minimum absolute atomic E-state index is 0.00206. The smallest absolute Gasteiger partial charge is 0.287 e. The Hall–Kier alpha value is -3.91. The van der Waals surface area contributed by atoms with Crippen molar-refractivity contribution in [3.05, 3.63) is 36.5 Å². The number of amides is 2. The fourth-order valence-corrected chi connectivity index (χ4v) is 6.10. The van der Waals surface area contributed by atoms with Gasteiger partial charge in [0.1, 0.15) is 11.6 Å². The first-order valence-corrected chi connectivity index (χ1v) is 14.6. The maximum Gasteiger partial charge on any atom is 0.287 e. The number of aromatic nitrogens is 2. The van der Waals surface area contributed by atoms with E-state index in [2.05, 4.69) is 15.6 Å². The second kappa shape index (κ2) is 12.3. The van der Waals surface area contributed by atoms with Gasteiger partial charge in [0.2, 0.25) is 5.91 Å². The largest absolute Gasteiger partial charge is 0.493 e. The van der Waals surface area contributed by atoms with Gasteiger partial charge in [0, 0.05) is 31.2 Å². The Bertz CT molecular complexity index is 1500. The van der Waals surface area contributed by atoms with E-state index in [9.17, 15) is 22.8 Å². The van der Waals surface area contributed by atoms with E-state index in [0.717, 1.165) is 4.31 Å². The van der Waals surface area contributed by atoms with Gasteiger partial charge in [-0.15, -0.1) is 0 Å². The summed E-state index contributed by atoms with van der Waals surface area (Å²) < 4.78 is 44.9. The van der Waals surface area contributed by atoms with E-state index in [4.69, 9.17) is 13.9 Å². The molecule has 4 rings (SSSR count). The van der Waals surface area contributed by atoms with E-state index in [1.807, 2.05) is 13.8 Å². The molecule has 41 heavy (non-hydrogen) atoms. The van der Waals surface area contributed by atoms with Crippen LogP contribution < -0.4 is 20.1 Å². The molecule has 0 bridgehead atoms. The van der Waals surface area contributed by atoms with Crippen LogP contribution in [0.5, 0.6) is 11.5 Å². The summed E-state index contributed by atoms with van der Waals surface area (Å²) in [5, 5.41) is 5.94. The van der Waals surface area contributed by atoms with Gasteiger partial charge in [0.15, 0.2) is 28.1 Å². The molecule has 1 saturated heterocycles. The van der Waals surface area contributed by atoms with Gasteiger partial charge in [-0.3, -0.25) is 14.4 Å². The molecule has 0 aliphatic carbocycles. The van der Waals surface area contributed by atoms with E-state index >= 15 is 0 Å². The van der Waals surface area contributed by atoms with Crippen molar-refractivity contribution in [2.75, 3.05) is 27.3 Å². The Labute approximate surface area is 238 Å². The second-order valence-corrected chi connectivity index (χ2v) is 12.3. The van der Waals surface area contributed by atoms with Crippen LogP contribution in [0.4, 0.5) is 0 Å². The summed E-state index contributed by atoms with van der Waals surface area (Å²) in [5.41, 5.74) is 0.409. The standard InChI is InChI=1S/C27H35N5O8S/c1-16(2)9-19(30-27(35)24-11-17-10-22(38-4)23(39-5)12-21(17)40-24)26(34)29-18-7-6-8-32(13-20(18)33)41(36,37)25-14-31(3)15-28-25/h10-12,14-16,18-19H,6-9,13H2,1-5H3,(H,29,34)(H,30,35). The first-order chi connectivity index (χ1) is 19.4. The Balaban J connectivity index is 1.46. The molecule has 222 valence electrons. The summed E-state index contributed by atoms with van der Waals surface area (Å²) in [7, 11) is 0.683. The van der Waals surface area contributed by atoms with E-state index < -0.39 is 46.2 Å². The fourth-order valence-electron chi connectivity index (χ4n) is 4.69. The first-order valence-electron chi connectivity index (χ1n) is 13.2. The molecule has 2 unspecified atom stereocenters. The van der Waals surface area contributed by atoms with Crippen LogP contribution in [0.15, 0.2) is 40.2 Å². The molecule has 2 aromatic heterocycles. The number of rotatable bonds is 10. The van der Waals surface area contributed by atoms with Crippen LogP contribution in [0.1, 0.15) is 43.7 Å². The topological polar surface area (TPSA) is 162 Å². The lowest BCUT2D eigenvalue weighted by molar-refractivity contribution is -0.129. The first kappa shape index (κ1) is 30.1. The molecule has 13 nitrogen and oxygen atoms in total. The van der Waals surface area contributed by atoms with Crippen molar-refractivity contribution in [1.82, 2.24) is 24.5 Å². The van der Waals surface area contributed by atoms with Crippen molar-refractivity contribution < 1.29 is 36.7 Å². The van der Waals surface area contributed by atoms with Crippen molar-refractivity contribution >= 4 is 38.6 Å². The minimum atomic E-state index is -3.96. The summed E-state index contributed by atoms with van der Waals surface area (Å²) in [6.07, 6.45) is 3.67. The lowest BCUT2D eigenvalue weighted by Gasteiger charge is -2.23. The van der Waals surface area contributed by atoms with E-state index in [0.29, 0.717) is 35.3 Å². The number of carbonyl (C=O) groups excluding carboxylic acids is 3. The minimum Gasteiger partial charge on any atom is -0.493 e. The molecule has 2 amide bonds. The average Bonchev–Trinajstić information content (AvgIpc) is 3.51. The third-order valence-electron chi connectivity index (χ3n) is 6.80. The van der Waals surface area contributed by atoms with Crippen LogP contribution in [0.3, 0.4) is 0 Å². The number of benzene rings is 1. The normalized spacial score (nSPS) is 17.3. The van der Waals surface area contributed by atoms with Crippen molar-refractivity contribution in [1.29, 1.82) is 0 Å². The molecule has 3 heterocycles. The van der Waals surface area contributed by atoms with Gasteiger partial charge in [-0.05, 0) is 37.3 Å². The fraction of sp³-hybridized carbons (Fsp3) is 0.481. The molecule has 2 N–H and O–H groups in total. The maximum atomic E-state index is 13.3. The number of nitrogens with zero attached hydrogens (tertiary/aromatic N) is 3. The molecule has 1 aliphatic rings. The zero-order valence-corrected chi connectivity index (χ0v) is 24.5. The molecule has 0 spiro atoms. The van der Waals surface area contributed by atoms with Gasteiger partial charge in [0.25, 0.3) is 15.9 Å². The molecule has 3 aromatic rings. The molecule has 1 aliphatic heterocycles. The number of aryl methyl sites for hydroxylation is 1. The van der Waals surface area contributed by atoms with Gasteiger partial charge in [-0.2, -0.15) is 4.31 Å². The van der Waals surface area contributed by atoms with Crippen molar-refractivity contribution in [3.63, 3.8) is 0 Å². The second-order valence-electron chi connectivity index (χ2n) is 10.4. The van der Waals surface area contributed by atoms with Crippen molar-refractivity contribution in [3.8, 4) is 11.5 Å². The Morgan fingerprint density at radius 2 is 1.88 bits per heavy atom. The number of ether oxygens (including phenoxy) is 2. The number of methoxy groups -OCH3 is 2. The van der Waals surface area contributed by atoms with Crippen LogP contribution >= 0.6 is 0 Å². The predicted octanol–water partition coefficient (Wildman–Crippen LogP) is 1.87. The van der Waals surface area contributed by atoms with Gasteiger partial charge in [0.05, 0.1) is 33.1 Å². The number of Topliss-reactive ketones (excluding diaryl/α,β-unsaturated/α-hetero) is 1. The predicted molar refractivity (Wildman–Crippen MR) is 148 cm³/mol. The number of hydrogen-bond donors (Lipinski definition) is 2. The number of hydrogen-bond acceptors (Lipinski definition) is 9. The summed E-state index contributed by atoms with van der Waals surface area (Å²) in [5.74, 6) is -0.616. The van der Waals surface area contributed by atoms with Crippen LogP contribution in [0.25, 0.3) is 11.0 Å². The Kier molecular flexibility index (Phi) is 9.02. The Morgan fingerprint density at radius 1 is 1.17 bits per heavy atom. The van der Waals surface area contributed by atoms with Gasteiger partial charge >= 0.3 is 0 Å². The third-order valence-corrected chi connectivity index (χ3v) is 8.53. The summed E-state index contributed by atoms with van der Waals surface area (Å²) >= 11 is 0. The highest BCUT2D eigenvalue weighted by Crippen LogP contribution is 2.33. The highest BCUT2D eigenvalue weighted by Gasteiger charge is 2.35. The molecular formula is C27H35N5O8S. The number of sulfonamides is 1. The Morgan fingerprint density at radius 3 is 2.51 bits per heavy atom. The maximum absolute atomic E-state index is 13.3. The highest BCUT2D eigenvalue weighted by atomic mass is 32.2. The number of imidazole rings is 1. The lowest BCUT2D eigenvalue weighted by Crippen LogP contribution is -2.52. The van der Waals surface area contributed by atoms with Gasteiger partial charge in [-0.25, -0.2) is 13.4 Å². The number of carbonyl (C=O) groups is 3. The summed E-state index contributed by atoms with van der Waals surface area (Å²) in [6.45, 7) is 3.54. The van der Waals surface area contributed by atoms with E-state index in [-0.39, 0.29) is 29.7 Å². The van der Waals surface area contributed by atoms with E-state index in [1.54, 1.807) is 25.2 Å². The molecule has 1 fully saturated rings. The quantitative estimate of drug-likeness (QED) is 0.359. The number of nitrogens with one attached hydrogen (secondary N) is 2. The molecule has 14 heteroatoms. The number of furan rings is 1. The van der Waals surface area contributed by atoms with Crippen LogP contribution in [0.2, 0.25) is 0 Å². The molecule has 0 saturated carbocycles. The number of ketones is 1. The highest BCUT2D eigenvalue weighted by molar-refractivity contribution is 7.89. The molecule has 1 aromatic carbocycles. The van der Waals surface area contributed by atoms with Crippen LogP contribution in [-0.2, 0) is 26.7 Å². The summed E-state index contributed by atoms with van der Waals surface area (Å²) in [4.78, 5) is 43.4. The SMILES string of the molecule is COc1cc2cc(C(=O)NC(CC(C)C)C(=O)NC3CCCN(S(=O)(=O)c4cn(C)cn4)CC3=O)oc2cc1OC. The molecule has 2 atom stereocenters. The lowest BCUT2D eigenvalue weighted by atomic mass is 10.0. The van der Waals surface area contributed by atoms with Crippen LogP contribution in [-0.4, -0.2) is 79.3 Å². The average molecular weight is 590 g/mol.